The fraction of sp³-hybridized carbons (Fsp3) is 0.250. The monoisotopic (exact) mass is 432 g/mol. The third-order valence-corrected chi connectivity index (χ3v) is 8.73. The van der Waals surface area contributed by atoms with Crippen LogP contribution >= 0.6 is 22.7 Å². The van der Waals surface area contributed by atoms with Crippen LogP contribution in [0.1, 0.15) is 33.5 Å². The number of hydrogen-bond acceptors (Lipinski definition) is 5. The van der Waals surface area contributed by atoms with Gasteiger partial charge in [0.2, 0.25) is 0 Å². The zero-order valence-corrected chi connectivity index (χ0v) is 17.7. The van der Waals surface area contributed by atoms with Crippen molar-refractivity contribution in [1.82, 2.24) is 0 Å². The van der Waals surface area contributed by atoms with E-state index in [0.29, 0.717) is 22.2 Å². The lowest BCUT2D eigenvalue weighted by Gasteiger charge is -2.16. The normalized spacial score (nSPS) is 16.4. The van der Waals surface area contributed by atoms with Gasteiger partial charge in [0.25, 0.3) is 15.9 Å². The summed E-state index contributed by atoms with van der Waals surface area (Å²) < 4.78 is 27.8. The van der Waals surface area contributed by atoms with E-state index in [4.69, 9.17) is 0 Å². The molecule has 5 nitrogen and oxygen atoms in total. The van der Waals surface area contributed by atoms with Crippen LogP contribution in [0.2, 0.25) is 0 Å². The largest absolute Gasteiger partial charge is 0.319 e. The number of fused-ring (bicyclic) bond motifs is 1. The fourth-order valence-corrected chi connectivity index (χ4v) is 6.47. The number of anilines is 2. The highest BCUT2D eigenvalue weighted by atomic mass is 32.2. The van der Waals surface area contributed by atoms with Crippen molar-refractivity contribution < 1.29 is 13.2 Å². The summed E-state index contributed by atoms with van der Waals surface area (Å²) in [5.74, 6) is 0.431. The van der Waals surface area contributed by atoms with E-state index in [1.807, 2.05) is 6.07 Å². The summed E-state index contributed by atoms with van der Waals surface area (Å²) in [5, 5.41) is 4.57. The van der Waals surface area contributed by atoms with Crippen LogP contribution < -0.4 is 10.0 Å². The van der Waals surface area contributed by atoms with E-state index in [0.717, 1.165) is 30.6 Å². The zero-order valence-electron chi connectivity index (χ0n) is 15.3. The van der Waals surface area contributed by atoms with Gasteiger partial charge in [-0.25, -0.2) is 8.42 Å². The average Bonchev–Trinajstić information content (AvgIpc) is 3.32. The van der Waals surface area contributed by atoms with Crippen molar-refractivity contribution in [3.63, 3.8) is 0 Å². The lowest BCUT2D eigenvalue weighted by atomic mass is 9.90. The van der Waals surface area contributed by atoms with Crippen molar-refractivity contribution >= 4 is 50.0 Å². The van der Waals surface area contributed by atoms with E-state index >= 15 is 0 Å². The first kappa shape index (κ1) is 19.2. The third kappa shape index (κ3) is 3.99. The van der Waals surface area contributed by atoms with Gasteiger partial charge >= 0.3 is 0 Å². The first-order valence-corrected chi connectivity index (χ1v) is 12.2. The van der Waals surface area contributed by atoms with Crippen LogP contribution in [0.3, 0.4) is 0 Å². The highest BCUT2D eigenvalue weighted by Gasteiger charge is 2.22. The molecule has 0 fully saturated rings. The number of para-hydroxylation sites is 2. The molecule has 146 valence electrons. The molecule has 0 aliphatic heterocycles. The molecule has 0 radical (unpaired) electrons. The molecule has 1 amide bonds. The second-order valence-corrected chi connectivity index (χ2v) is 10.9. The van der Waals surface area contributed by atoms with Crippen molar-refractivity contribution in [2.24, 2.45) is 5.92 Å². The first-order valence-electron chi connectivity index (χ1n) is 9.00. The molecule has 1 atom stereocenters. The van der Waals surface area contributed by atoms with Crippen LogP contribution in [0.5, 0.6) is 0 Å². The number of benzene rings is 1. The molecule has 0 unspecified atom stereocenters. The molecule has 0 spiro atoms. The number of carbonyl (C=O) groups excluding carboxylic acids is 1. The first-order chi connectivity index (χ1) is 13.4. The van der Waals surface area contributed by atoms with Gasteiger partial charge in [-0.3, -0.25) is 9.52 Å². The Morgan fingerprint density at radius 2 is 1.93 bits per heavy atom. The second-order valence-electron chi connectivity index (χ2n) is 6.94. The lowest BCUT2D eigenvalue weighted by molar-refractivity contribution is 0.103. The van der Waals surface area contributed by atoms with Crippen LogP contribution in [0, 0.1) is 5.92 Å². The number of thiophene rings is 2. The van der Waals surface area contributed by atoms with Gasteiger partial charge < -0.3 is 5.32 Å². The maximum atomic E-state index is 12.8. The molecule has 28 heavy (non-hydrogen) atoms. The Kier molecular flexibility index (Phi) is 5.27. The van der Waals surface area contributed by atoms with Crippen LogP contribution in [0.15, 0.2) is 52.1 Å². The van der Waals surface area contributed by atoms with Crippen molar-refractivity contribution in [2.75, 3.05) is 10.0 Å². The quantitative estimate of drug-likeness (QED) is 0.596. The molecule has 2 heterocycles. The highest BCUT2D eigenvalue weighted by molar-refractivity contribution is 7.94. The summed E-state index contributed by atoms with van der Waals surface area (Å²) >= 11 is 2.68. The Hall–Kier alpha value is -2.16. The number of rotatable bonds is 5. The molecule has 2 aromatic heterocycles. The summed E-state index contributed by atoms with van der Waals surface area (Å²) in [4.78, 5) is 14.7. The van der Waals surface area contributed by atoms with Gasteiger partial charge in [0, 0.05) is 4.88 Å². The van der Waals surface area contributed by atoms with Crippen LogP contribution in [0.25, 0.3) is 0 Å². The van der Waals surface area contributed by atoms with Gasteiger partial charge in [-0.2, -0.15) is 0 Å². The van der Waals surface area contributed by atoms with Gasteiger partial charge in [-0.05, 0) is 60.4 Å². The molecule has 1 aliphatic carbocycles. The van der Waals surface area contributed by atoms with Crippen LogP contribution in [-0.2, 0) is 22.9 Å². The smallest absolute Gasteiger partial charge is 0.271 e. The molecule has 8 heteroatoms. The zero-order chi connectivity index (χ0) is 19.7. The number of hydrogen-bond donors (Lipinski definition) is 2. The molecule has 0 bridgehead atoms. The van der Waals surface area contributed by atoms with Gasteiger partial charge in [-0.1, -0.05) is 25.1 Å². The molecule has 2 N–H and O–H groups in total. The summed E-state index contributed by atoms with van der Waals surface area (Å²) in [6, 6.07) is 12.0. The maximum absolute atomic E-state index is 12.8. The molecular formula is C20H20N2O3S3. The summed E-state index contributed by atoms with van der Waals surface area (Å²) in [5.41, 5.74) is 2.05. The number of sulfonamides is 1. The van der Waals surface area contributed by atoms with Crippen molar-refractivity contribution in [2.45, 2.75) is 30.4 Å². The number of nitrogens with one attached hydrogen (secondary N) is 2. The predicted molar refractivity (Wildman–Crippen MR) is 115 cm³/mol. The van der Waals surface area contributed by atoms with E-state index in [1.54, 1.807) is 41.8 Å². The highest BCUT2D eigenvalue weighted by Crippen LogP contribution is 2.33. The van der Waals surface area contributed by atoms with Crippen LogP contribution in [0.4, 0.5) is 11.4 Å². The molecule has 0 saturated carbocycles. The van der Waals surface area contributed by atoms with E-state index in [9.17, 15) is 13.2 Å². The average molecular weight is 433 g/mol. The van der Waals surface area contributed by atoms with E-state index in [-0.39, 0.29) is 10.1 Å². The number of aryl methyl sites for hydroxylation is 1. The van der Waals surface area contributed by atoms with Crippen LogP contribution in [-0.4, -0.2) is 14.3 Å². The Morgan fingerprint density at radius 3 is 2.68 bits per heavy atom. The Morgan fingerprint density at radius 1 is 1.14 bits per heavy atom. The lowest BCUT2D eigenvalue weighted by Crippen LogP contribution is -2.16. The number of amides is 1. The van der Waals surface area contributed by atoms with Crippen molar-refractivity contribution in [1.29, 1.82) is 0 Å². The summed E-state index contributed by atoms with van der Waals surface area (Å²) in [7, 11) is -3.68. The maximum Gasteiger partial charge on any atom is 0.271 e. The number of carbonyl (C=O) groups is 1. The SMILES string of the molecule is C[C@H]1CCc2sc(C(=O)Nc3ccccc3NS(=O)(=O)c3cccs3)cc2C1. The molecule has 1 aliphatic rings. The van der Waals surface area contributed by atoms with Gasteiger partial charge in [0.05, 0.1) is 16.3 Å². The standard InChI is InChI=1S/C20H20N2O3S3/c1-13-8-9-17-14(11-13)12-18(27-17)20(23)21-15-5-2-3-6-16(15)22-28(24,25)19-7-4-10-26-19/h2-7,10,12-13,22H,8-9,11H2,1H3,(H,21,23)/t13-/m0/s1. The molecule has 1 aromatic carbocycles. The van der Waals surface area contributed by atoms with Crippen molar-refractivity contribution in [3.05, 3.63) is 63.2 Å². The molecule has 4 rings (SSSR count). The topological polar surface area (TPSA) is 75.3 Å². The Labute approximate surface area is 172 Å². The van der Waals surface area contributed by atoms with E-state index in [2.05, 4.69) is 17.0 Å². The minimum Gasteiger partial charge on any atom is -0.319 e. The molecule has 0 saturated heterocycles. The molecule has 3 aromatic rings. The third-order valence-electron chi connectivity index (χ3n) is 4.73. The Bertz CT molecular complexity index is 1100. The van der Waals surface area contributed by atoms with E-state index < -0.39 is 10.0 Å². The second kappa shape index (κ2) is 7.69. The van der Waals surface area contributed by atoms with Gasteiger partial charge in [-0.15, -0.1) is 22.7 Å². The van der Waals surface area contributed by atoms with Gasteiger partial charge in [0.15, 0.2) is 0 Å². The minimum atomic E-state index is -3.68. The fourth-order valence-electron chi connectivity index (χ4n) is 3.29. The van der Waals surface area contributed by atoms with E-state index in [1.165, 1.54) is 21.8 Å². The predicted octanol–water partition coefficient (Wildman–Crippen LogP) is 4.99. The van der Waals surface area contributed by atoms with Crippen molar-refractivity contribution in [3.8, 4) is 0 Å². The summed E-state index contributed by atoms with van der Waals surface area (Å²) in [6.45, 7) is 2.23. The summed E-state index contributed by atoms with van der Waals surface area (Å²) in [6.07, 6.45) is 3.18. The molecular weight excluding hydrogens is 412 g/mol. The Balaban J connectivity index is 1.55. The minimum absolute atomic E-state index is 0.213. The van der Waals surface area contributed by atoms with Gasteiger partial charge in [0.1, 0.15) is 4.21 Å².